The lowest BCUT2D eigenvalue weighted by atomic mass is 10.1. The maximum absolute atomic E-state index is 11.2. The van der Waals surface area contributed by atoms with Crippen LogP contribution >= 0.6 is 11.3 Å². The number of thiazole rings is 1. The van der Waals surface area contributed by atoms with Crippen LogP contribution in [0, 0.1) is 20.2 Å². The van der Waals surface area contributed by atoms with Gasteiger partial charge in [-0.3, -0.25) is 25.2 Å². The van der Waals surface area contributed by atoms with Crippen molar-refractivity contribution in [3.63, 3.8) is 0 Å². The van der Waals surface area contributed by atoms with Crippen molar-refractivity contribution in [3.05, 3.63) is 97.1 Å². The van der Waals surface area contributed by atoms with Gasteiger partial charge in [0.1, 0.15) is 4.92 Å². The minimum absolute atomic E-state index is 0.0633. The van der Waals surface area contributed by atoms with Gasteiger partial charge in [0.25, 0.3) is 5.69 Å². The van der Waals surface area contributed by atoms with Gasteiger partial charge in [-0.05, 0) is 18.2 Å². The fraction of sp³-hybridized carbons (Fsp3) is 0. The molecule has 1 aromatic carbocycles. The molecule has 0 aliphatic carbocycles. The summed E-state index contributed by atoms with van der Waals surface area (Å²) in [6.07, 6.45) is 4.51. The van der Waals surface area contributed by atoms with E-state index in [1.807, 2.05) is 0 Å². The van der Waals surface area contributed by atoms with Crippen LogP contribution in [-0.4, -0.2) is 25.7 Å². The number of aromatic nitrogens is 2. The van der Waals surface area contributed by atoms with Gasteiger partial charge in [0, 0.05) is 29.3 Å². The van der Waals surface area contributed by atoms with E-state index < -0.39 is 15.7 Å². The molecule has 0 fully saturated rings. The quantitative estimate of drug-likeness (QED) is 0.253. The molecule has 154 valence electrons. The van der Waals surface area contributed by atoms with Crippen LogP contribution < -0.4 is 4.80 Å². The predicted molar refractivity (Wildman–Crippen MR) is 112 cm³/mol. The second-order valence-corrected chi connectivity index (χ2v) is 6.86. The summed E-state index contributed by atoms with van der Waals surface area (Å²) in [6.45, 7) is 0. The average Bonchev–Trinajstić information content (AvgIpc) is 3.40. The van der Waals surface area contributed by atoms with Crippen molar-refractivity contribution < 1.29 is 14.3 Å². The number of nitro benzene ring substituents is 1. The summed E-state index contributed by atoms with van der Waals surface area (Å²) in [5, 5.41) is 28.1. The van der Waals surface area contributed by atoms with Crippen LogP contribution in [0.15, 0.2) is 80.8 Å². The molecule has 11 nitrogen and oxygen atoms in total. The molecule has 3 heterocycles. The molecule has 0 saturated heterocycles. The summed E-state index contributed by atoms with van der Waals surface area (Å²) in [6, 6.07) is 12.3. The third-order valence-electron chi connectivity index (χ3n) is 4.00. The maximum Gasteiger partial charge on any atom is 0.433 e. The van der Waals surface area contributed by atoms with Gasteiger partial charge in [-0.1, -0.05) is 12.1 Å². The fourth-order valence-corrected chi connectivity index (χ4v) is 3.48. The zero-order chi connectivity index (χ0) is 21.8. The van der Waals surface area contributed by atoms with Crippen LogP contribution in [0.1, 0.15) is 5.76 Å². The predicted octanol–water partition coefficient (Wildman–Crippen LogP) is 4.14. The molecule has 12 heteroatoms. The highest BCUT2D eigenvalue weighted by molar-refractivity contribution is 7.07. The van der Waals surface area contributed by atoms with Crippen molar-refractivity contribution in [1.29, 1.82) is 0 Å². The Balaban J connectivity index is 1.83. The molecular weight excluding hydrogens is 424 g/mol. The smallest absolute Gasteiger partial charge is 0.400 e. The number of nitro groups is 2. The molecule has 0 spiro atoms. The molecule has 4 aromatic rings. The lowest BCUT2D eigenvalue weighted by molar-refractivity contribution is -0.402. The SMILES string of the molecule is O=[N+]([O-])c1cccc(-c2csc(=Nc3cccnc3)n2N=Cc2ccc([N+](=O)[O-])o2)c1. The summed E-state index contributed by atoms with van der Waals surface area (Å²) < 4.78 is 6.59. The summed E-state index contributed by atoms with van der Waals surface area (Å²) in [4.78, 5) is 29.9. The first kappa shape index (κ1) is 19.8. The Kier molecular flexibility index (Phi) is 5.45. The number of non-ortho nitro benzene ring substituents is 1. The first-order valence-corrected chi connectivity index (χ1v) is 9.58. The summed E-state index contributed by atoms with van der Waals surface area (Å²) in [7, 11) is 0. The monoisotopic (exact) mass is 436 g/mol. The number of pyridine rings is 1. The lowest BCUT2D eigenvalue weighted by Gasteiger charge is -2.03. The Bertz CT molecular complexity index is 1360. The van der Waals surface area contributed by atoms with Crippen LogP contribution in [0.3, 0.4) is 0 Å². The number of hydrogen-bond acceptors (Lipinski definition) is 9. The summed E-state index contributed by atoms with van der Waals surface area (Å²) in [5.74, 6) is -0.237. The molecule has 31 heavy (non-hydrogen) atoms. The van der Waals surface area contributed by atoms with Gasteiger partial charge in [0.05, 0.1) is 34.8 Å². The first-order valence-electron chi connectivity index (χ1n) is 8.70. The molecular formula is C19H12N6O5S. The minimum atomic E-state index is -0.646. The maximum atomic E-state index is 11.2. The van der Waals surface area contributed by atoms with Crippen LogP contribution in [0.2, 0.25) is 0 Å². The van der Waals surface area contributed by atoms with E-state index in [9.17, 15) is 20.2 Å². The highest BCUT2D eigenvalue weighted by atomic mass is 32.1. The van der Waals surface area contributed by atoms with E-state index in [1.54, 1.807) is 42.0 Å². The normalized spacial score (nSPS) is 11.8. The highest BCUT2D eigenvalue weighted by Crippen LogP contribution is 2.25. The van der Waals surface area contributed by atoms with Crippen molar-refractivity contribution >= 4 is 34.8 Å². The molecule has 0 unspecified atom stereocenters. The second kappa shape index (κ2) is 8.51. The zero-order valence-corrected chi connectivity index (χ0v) is 16.4. The molecule has 0 aliphatic heterocycles. The lowest BCUT2D eigenvalue weighted by Crippen LogP contribution is -2.11. The Morgan fingerprint density at radius 2 is 1.97 bits per heavy atom. The van der Waals surface area contributed by atoms with Crippen molar-refractivity contribution in [3.8, 4) is 11.3 Å². The molecule has 3 aromatic heterocycles. The van der Waals surface area contributed by atoms with E-state index in [4.69, 9.17) is 4.42 Å². The van der Waals surface area contributed by atoms with E-state index in [0.717, 1.165) is 0 Å². The Morgan fingerprint density at radius 1 is 1.10 bits per heavy atom. The number of benzene rings is 1. The Labute approximate surface area is 177 Å². The Hall–Kier alpha value is -4.45. The number of furan rings is 1. The van der Waals surface area contributed by atoms with Crippen LogP contribution in [0.25, 0.3) is 11.3 Å². The molecule has 0 radical (unpaired) electrons. The molecule has 0 bridgehead atoms. The third kappa shape index (κ3) is 4.43. The molecule has 0 aliphatic rings. The van der Waals surface area contributed by atoms with Gasteiger partial charge in [0.15, 0.2) is 5.76 Å². The van der Waals surface area contributed by atoms with Crippen LogP contribution in [-0.2, 0) is 0 Å². The van der Waals surface area contributed by atoms with Crippen LogP contribution in [0.5, 0.6) is 0 Å². The van der Waals surface area contributed by atoms with E-state index in [2.05, 4.69) is 15.1 Å². The Morgan fingerprint density at radius 3 is 2.68 bits per heavy atom. The average molecular weight is 436 g/mol. The van der Waals surface area contributed by atoms with Gasteiger partial charge in [-0.2, -0.15) is 5.10 Å². The van der Waals surface area contributed by atoms with Gasteiger partial charge in [-0.15, -0.1) is 11.3 Å². The third-order valence-corrected chi connectivity index (χ3v) is 4.82. The van der Waals surface area contributed by atoms with Gasteiger partial charge in [-0.25, -0.2) is 9.67 Å². The van der Waals surface area contributed by atoms with Gasteiger partial charge < -0.3 is 4.42 Å². The van der Waals surface area contributed by atoms with E-state index >= 15 is 0 Å². The topological polar surface area (TPSA) is 142 Å². The second-order valence-electron chi connectivity index (χ2n) is 6.02. The number of rotatable bonds is 6. The summed E-state index contributed by atoms with van der Waals surface area (Å²) in [5.41, 5.74) is 1.63. The molecule has 0 saturated carbocycles. The van der Waals surface area contributed by atoms with Crippen molar-refractivity contribution in [2.75, 3.05) is 0 Å². The van der Waals surface area contributed by atoms with E-state index in [1.165, 1.54) is 46.5 Å². The molecule has 0 N–H and O–H groups in total. The minimum Gasteiger partial charge on any atom is -0.400 e. The zero-order valence-electron chi connectivity index (χ0n) is 15.6. The van der Waals surface area contributed by atoms with E-state index in [-0.39, 0.29) is 11.4 Å². The van der Waals surface area contributed by atoms with Gasteiger partial charge >= 0.3 is 5.88 Å². The van der Waals surface area contributed by atoms with Crippen molar-refractivity contribution in [2.45, 2.75) is 0 Å². The molecule has 0 atom stereocenters. The largest absolute Gasteiger partial charge is 0.433 e. The highest BCUT2D eigenvalue weighted by Gasteiger charge is 2.13. The van der Waals surface area contributed by atoms with Crippen molar-refractivity contribution in [2.24, 2.45) is 10.1 Å². The van der Waals surface area contributed by atoms with Gasteiger partial charge in [0.2, 0.25) is 4.80 Å². The fourth-order valence-electron chi connectivity index (χ4n) is 2.62. The molecule has 4 rings (SSSR count). The number of hydrogen-bond donors (Lipinski definition) is 0. The first-order chi connectivity index (χ1) is 15.0. The summed E-state index contributed by atoms with van der Waals surface area (Å²) >= 11 is 1.27. The van der Waals surface area contributed by atoms with E-state index in [0.29, 0.717) is 21.7 Å². The standard InChI is InChI=1S/C19H12N6O5S/c26-24(27)15-5-1-3-13(9-15)17-12-31-19(22-14-4-2-8-20-10-14)23(17)21-11-16-6-7-18(30-16)25(28)29/h1-12H. The van der Waals surface area contributed by atoms with Crippen LogP contribution in [0.4, 0.5) is 17.3 Å². The number of nitrogens with zero attached hydrogens (tertiary/aromatic N) is 6. The van der Waals surface area contributed by atoms with Crippen molar-refractivity contribution in [1.82, 2.24) is 9.66 Å². The molecule has 0 amide bonds.